The molecule has 0 bridgehead atoms. The Balaban J connectivity index is 2.61. The Morgan fingerprint density at radius 2 is 2.29 bits per heavy atom. The van der Waals surface area contributed by atoms with Crippen molar-refractivity contribution in [2.24, 2.45) is 0 Å². The second-order valence-electron chi connectivity index (χ2n) is 3.89. The van der Waals surface area contributed by atoms with Gasteiger partial charge in [-0.25, -0.2) is 0 Å². The van der Waals surface area contributed by atoms with Crippen LogP contribution in [-0.4, -0.2) is 23.7 Å². The highest BCUT2D eigenvalue weighted by atomic mass is 79.9. The molecule has 4 N–H and O–H groups in total. The largest absolute Gasteiger partial charge is 0.399 e. The van der Waals surface area contributed by atoms with Crippen LogP contribution in [0, 0.1) is 0 Å². The number of nitrogen functional groups attached to an aromatic ring is 1. The Bertz CT molecular complexity index is 396. The maximum absolute atomic E-state index is 11.8. The number of nitrogens with two attached hydrogens (primary N) is 1. The van der Waals surface area contributed by atoms with Gasteiger partial charge in [-0.15, -0.1) is 0 Å². The highest BCUT2D eigenvalue weighted by Gasteiger charge is 2.11. The first-order valence-corrected chi connectivity index (χ1v) is 6.35. The molecule has 0 aliphatic rings. The van der Waals surface area contributed by atoms with Crippen molar-refractivity contribution < 1.29 is 9.90 Å². The lowest BCUT2D eigenvalue weighted by Gasteiger charge is -2.11. The van der Waals surface area contributed by atoms with Crippen LogP contribution >= 0.6 is 15.9 Å². The molecule has 0 saturated carbocycles. The molecular weight excluding hydrogens is 284 g/mol. The van der Waals surface area contributed by atoms with Gasteiger partial charge in [-0.1, -0.05) is 13.3 Å². The predicted molar refractivity (Wildman–Crippen MR) is 71.8 cm³/mol. The quantitative estimate of drug-likeness (QED) is 0.727. The molecule has 0 aromatic heterocycles. The molecular formula is C12H17BrN2O2. The van der Waals surface area contributed by atoms with Crippen LogP contribution in [0.3, 0.4) is 0 Å². The van der Waals surface area contributed by atoms with Crippen molar-refractivity contribution in [3.63, 3.8) is 0 Å². The van der Waals surface area contributed by atoms with Gasteiger partial charge in [0, 0.05) is 16.7 Å². The summed E-state index contributed by atoms with van der Waals surface area (Å²) in [6, 6.07) is 5.05. The third kappa shape index (κ3) is 4.36. The molecule has 5 heteroatoms. The molecule has 1 rings (SSSR count). The van der Waals surface area contributed by atoms with Gasteiger partial charge in [0.05, 0.1) is 11.7 Å². The van der Waals surface area contributed by atoms with Crippen molar-refractivity contribution in [3.05, 3.63) is 28.2 Å². The number of anilines is 1. The van der Waals surface area contributed by atoms with Crippen molar-refractivity contribution in [2.45, 2.75) is 25.9 Å². The molecule has 1 amide bonds. The average molecular weight is 301 g/mol. The Morgan fingerprint density at radius 1 is 1.59 bits per heavy atom. The highest BCUT2D eigenvalue weighted by molar-refractivity contribution is 9.10. The summed E-state index contributed by atoms with van der Waals surface area (Å²) in [5.41, 5.74) is 6.63. The average Bonchev–Trinajstić information content (AvgIpc) is 2.29. The number of nitrogens with one attached hydrogen (secondary N) is 1. The van der Waals surface area contributed by atoms with Gasteiger partial charge in [0.1, 0.15) is 0 Å². The van der Waals surface area contributed by atoms with Crippen LogP contribution in [0.2, 0.25) is 0 Å². The Hall–Kier alpha value is -1.07. The number of rotatable bonds is 5. The fourth-order valence-corrected chi connectivity index (χ4v) is 1.88. The molecule has 4 nitrogen and oxygen atoms in total. The summed E-state index contributed by atoms with van der Waals surface area (Å²) in [4.78, 5) is 11.8. The van der Waals surface area contributed by atoms with Crippen molar-refractivity contribution in [2.75, 3.05) is 12.3 Å². The monoisotopic (exact) mass is 300 g/mol. The molecule has 1 atom stereocenters. The van der Waals surface area contributed by atoms with E-state index in [-0.39, 0.29) is 12.5 Å². The third-order valence-electron chi connectivity index (χ3n) is 2.36. The second-order valence-corrected chi connectivity index (χ2v) is 4.75. The van der Waals surface area contributed by atoms with E-state index in [2.05, 4.69) is 21.2 Å². The number of halogens is 1. The lowest BCUT2D eigenvalue weighted by molar-refractivity contribution is 0.0909. The molecule has 0 saturated heterocycles. The van der Waals surface area contributed by atoms with Gasteiger partial charge >= 0.3 is 0 Å². The maximum Gasteiger partial charge on any atom is 0.252 e. The molecule has 0 spiro atoms. The molecule has 1 aromatic rings. The van der Waals surface area contributed by atoms with Gasteiger partial charge in [-0.3, -0.25) is 4.79 Å². The lowest BCUT2D eigenvalue weighted by Crippen LogP contribution is -2.32. The van der Waals surface area contributed by atoms with Crippen LogP contribution in [0.4, 0.5) is 5.69 Å². The maximum atomic E-state index is 11.8. The van der Waals surface area contributed by atoms with Crippen molar-refractivity contribution in [1.29, 1.82) is 0 Å². The lowest BCUT2D eigenvalue weighted by atomic mass is 10.1. The SMILES string of the molecule is CCCC(O)CNC(=O)c1cc(N)ccc1Br. The van der Waals surface area contributed by atoms with Crippen molar-refractivity contribution in [1.82, 2.24) is 5.32 Å². The van der Waals surface area contributed by atoms with Crippen molar-refractivity contribution in [3.8, 4) is 0 Å². The molecule has 1 aromatic carbocycles. The minimum Gasteiger partial charge on any atom is -0.399 e. The zero-order chi connectivity index (χ0) is 12.8. The van der Waals surface area contributed by atoms with Crippen LogP contribution < -0.4 is 11.1 Å². The number of amides is 1. The van der Waals surface area contributed by atoms with Crippen LogP contribution in [-0.2, 0) is 0 Å². The highest BCUT2D eigenvalue weighted by Crippen LogP contribution is 2.19. The van der Waals surface area contributed by atoms with E-state index in [9.17, 15) is 9.90 Å². The van der Waals surface area contributed by atoms with Gasteiger partial charge in [-0.05, 0) is 40.5 Å². The Labute approximate surface area is 109 Å². The van der Waals surface area contributed by atoms with Crippen LogP contribution in [0.1, 0.15) is 30.1 Å². The van der Waals surface area contributed by atoms with Crippen LogP contribution in [0.15, 0.2) is 22.7 Å². The first kappa shape index (κ1) is 14.0. The van der Waals surface area contributed by atoms with Crippen LogP contribution in [0.5, 0.6) is 0 Å². The summed E-state index contributed by atoms with van der Waals surface area (Å²) in [6.45, 7) is 2.24. The van der Waals surface area contributed by atoms with Crippen molar-refractivity contribution >= 4 is 27.5 Å². The zero-order valence-corrected chi connectivity index (χ0v) is 11.3. The summed E-state index contributed by atoms with van der Waals surface area (Å²) in [5, 5.41) is 12.2. The fraction of sp³-hybridized carbons (Fsp3) is 0.417. The number of carbonyl (C=O) groups excluding carboxylic acids is 1. The van der Waals surface area contributed by atoms with Gasteiger partial charge in [0.15, 0.2) is 0 Å². The van der Waals surface area contributed by atoms with Gasteiger partial charge in [0.25, 0.3) is 5.91 Å². The zero-order valence-electron chi connectivity index (χ0n) is 9.74. The molecule has 0 aliphatic carbocycles. The number of carbonyl (C=O) groups is 1. The second kappa shape index (κ2) is 6.61. The summed E-state index contributed by atoms with van der Waals surface area (Å²) in [6.07, 6.45) is 1.07. The number of aliphatic hydroxyl groups is 1. The van der Waals surface area contributed by atoms with Crippen LogP contribution in [0.25, 0.3) is 0 Å². The molecule has 0 heterocycles. The summed E-state index contributed by atoms with van der Waals surface area (Å²) in [5.74, 6) is -0.237. The standard InChI is InChI=1S/C12H17BrN2O2/c1-2-3-9(16)7-15-12(17)10-6-8(14)4-5-11(10)13/h4-6,9,16H,2-3,7,14H2,1H3,(H,15,17). The minimum absolute atomic E-state index is 0.237. The van der Waals surface area contributed by atoms with Gasteiger partial charge in [-0.2, -0.15) is 0 Å². The third-order valence-corrected chi connectivity index (χ3v) is 3.05. The molecule has 94 valence electrons. The smallest absolute Gasteiger partial charge is 0.252 e. The van der Waals surface area contributed by atoms with E-state index in [0.29, 0.717) is 22.1 Å². The first-order chi connectivity index (χ1) is 8.04. The number of hydrogen-bond donors (Lipinski definition) is 3. The summed E-state index contributed by atoms with van der Waals surface area (Å²) >= 11 is 3.29. The molecule has 0 radical (unpaired) electrons. The van der Waals surface area contributed by atoms with E-state index >= 15 is 0 Å². The predicted octanol–water partition coefficient (Wildman–Crippen LogP) is 1.92. The van der Waals surface area contributed by atoms with Gasteiger partial charge in [0.2, 0.25) is 0 Å². The van der Waals surface area contributed by atoms with E-state index in [1.807, 2.05) is 6.92 Å². The first-order valence-electron chi connectivity index (χ1n) is 5.56. The molecule has 0 aliphatic heterocycles. The molecule has 1 unspecified atom stereocenters. The van der Waals surface area contributed by atoms with E-state index < -0.39 is 6.10 Å². The van der Waals surface area contributed by atoms with E-state index in [4.69, 9.17) is 5.73 Å². The van der Waals surface area contributed by atoms with E-state index in [0.717, 1.165) is 6.42 Å². The summed E-state index contributed by atoms with van der Waals surface area (Å²) < 4.78 is 0.689. The minimum atomic E-state index is -0.496. The summed E-state index contributed by atoms with van der Waals surface area (Å²) in [7, 11) is 0. The normalized spacial score (nSPS) is 12.2. The Kier molecular flexibility index (Phi) is 5.44. The fourth-order valence-electron chi connectivity index (χ4n) is 1.46. The number of hydrogen-bond acceptors (Lipinski definition) is 3. The molecule has 0 fully saturated rings. The van der Waals surface area contributed by atoms with Gasteiger partial charge < -0.3 is 16.2 Å². The topological polar surface area (TPSA) is 75.3 Å². The van der Waals surface area contributed by atoms with E-state index in [1.165, 1.54) is 0 Å². The van der Waals surface area contributed by atoms with E-state index in [1.54, 1.807) is 18.2 Å². The number of benzene rings is 1. The number of aliphatic hydroxyl groups excluding tert-OH is 1. The Morgan fingerprint density at radius 3 is 2.94 bits per heavy atom. The molecule has 17 heavy (non-hydrogen) atoms.